The first-order chi connectivity index (χ1) is 6.77. The summed E-state index contributed by atoms with van der Waals surface area (Å²) in [5.41, 5.74) is 0. The Labute approximate surface area is 92.9 Å². The Morgan fingerprint density at radius 1 is 1.27 bits per heavy atom. The van der Waals surface area contributed by atoms with Crippen molar-refractivity contribution >= 4 is 11.8 Å². The number of ether oxygens (including phenoxy) is 1. The van der Waals surface area contributed by atoms with Crippen LogP contribution >= 0.6 is 11.8 Å². The van der Waals surface area contributed by atoms with Crippen LogP contribution in [0.2, 0.25) is 0 Å². The van der Waals surface area contributed by atoms with E-state index in [2.05, 4.69) is 23.9 Å². The predicted molar refractivity (Wildman–Crippen MR) is 57.3 cm³/mol. The Morgan fingerprint density at radius 3 is 2.33 bits per heavy atom. The van der Waals surface area contributed by atoms with Crippen LogP contribution in [0.4, 0.5) is 13.2 Å². The van der Waals surface area contributed by atoms with E-state index in [4.69, 9.17) is 0 Å². The van der Waals surface area contributed by atoms with Crippen molar-refractivity contribution in [2.45, 2.75) is 24.8 Å². The van der Waals surface area contributed by atoms with Crippen molar-refractivity contribution in [2.75, 3.05) is 32.6 Å². The Morgan fingerprint density at radius 2 is 1.87 bits per heavy atom. The zero-order chi connectivity index (χ0) is 11.9. The molecule has 0 rings (SSSR count). The molecular weight excluding hydrogens is 227 g/mol. The van der Waals surface area contributed by atoms with E-state index in [9.17, 15) is 13.2 Å². The quantitative estimate of drug-likeness (QED) is 0.695. The van der Waals surface area contributed by atoms with Crippen molar-refractivity contribution in [1.82, 2.24) is 5.32 Å². The molecule has 0 aliphatic carbocycles. The molecule has 1 N–H and O–H groups in total. The normalized spacial score (nSPS) is 13.2. The third-order valence-electron chi connectivity index (χ3n) is 1.79. The minimum Gasteiger partial charge on any atom is -0.371 e. The van der Waals surface area contributed by atoms with Crippen molar-refractivity contribution in [1.29, 1.82) is 0 Å². The van der Waals surface area contributed by atoms with Crippen LogP contribution in [0.1, 0.15) is 13.8 Å². The van der Waals surface area contributed by atoms with Crippen LogP contribution in [0.25, 0.3) is 0 Å². The van der Waals surface area contributed by atoms with Crippen LogP contribution in [-0.4, -0.2) is 43.5 Å². The molecule has 6 heteroatoms. The fourth-order valence-electron chi connectivity index (χ4n) is 0.794. The van der Waals surface area contributed by atoms with Crippen molar-refractivity contribution < 1.29 is 17.9 Å². The predicted octanol–water partition coefficient (Wildman–Crippen LogP) is 2.30. The highest BCUT2D eigenvalue weighted by atomic mass is 32.2. The lowest BCUT2D eigenvalue weighted by molar-refractivity contribution is -0.173. The second kappa shape index (κ2) is 6.60. The van der Waals surface area contributed by atoms with E-state index in [0.717, 1.165) is 6.54 Å². The van der Waals surface area contributed by atoms with E-state index in [-0.39, 0.29) is 11.4 Å². The van der Waals surface area contributed by atoms with Crippen molar-refractivity contribution in [2.24, 2.45) is 0 Å². The summed E-state index contributed by atoms with van der Waals surface area (Å²) in [6, 6.07) is 0. The highest BCUT2D eigenvalue weighted by Crippen LogP contribution is 2.19. The second-order valence-electron chi connectivity index (χ2n) is 3.81. The molecular formula is C9H18F3NOS. The summed E-state index contributed by atoms with van der Waals surface area (Å²) in [6.07, 6.45) is -2.22. The van der Waals surface area contributed by atoms with Crippen LogP contribution in [0.15, 0.2) is 0 Å². The van der Waals surface area contributed by atoms with Gasteiger partial charge in [-0.2, -0.15) is 24.9 Å². The molecule has 0 aromatic heterocycles. The fourth-order valence-corrected chi connectivity index (χ4v) is 1.04. The molecule has 92 valence electrons. The number of hydrogen-bond donors (Lipinski definition) is 1. The van der Waals surface area contributed by atoms with Crippen LogP contribution in [0, 0.1) is 0 Å². The van der Waals surface area contributed by atoms with Gasteiger partial charge in [-0.1, -0.05) is 0 Å². The van der Waals surface area contributed by atoms with Gasteiger partial charge in [0.2, 0.25) is 0 Å². The van der Waals surface area contributed by atoms with Crippen molar-refractivity contribution in [3.8, 4) is 0 Å². The molecule has 0 fully saturated rings. The van der Waals surface area contributed by atoms with E-state index < -0.39 is 12.8 Å². The number of hydrogen-bond acceptors (Lipinski definition) is 3. The van der Waals surface area contributed by atoms with Gasteiger partial charge in [0.25, 0.3) is 0 Å². The number of halogens is 3. The van der Waals surface area contributed by atoms with E-state index in [1.165, 1.54) is 0 Å². The zero-order valence-electron chi connectivity index (χ0n) is 9.28. The first-order valence-corrected chi connectivity index (χ1v) is 5.90. The number of thioether (sulfide) groups is 1. The average molecular weight is 245 g/mol. The van der Waals surface area contributed by atoms with Gasteiger partial charge in [0.1, 0.15) is 6.61 Å². The summed E-state index contributed by atoms with van der Waals surface area (Å²) in [7, 11) is 0. The summed E-state index contributed by atoms with van der Waals surface area (Å²) in [6.45, 7) is 4.26. The van der Waals surface area contributed by atoms with E-state index in [1.807, 2.05) is 6.26 Å². The van der Waals surface area contributed by atoms with Gasteiger partial charge in [-0.25, -0.2) is 0 Å². The molecule has 15 heavy (non-hydrogen) atoms. The summed E-state index contributed by atoms with van der Waals surface area (Å²) in [5.74, 6) is 0. The van der Waals surface area contributed by atoms with Gasteiger partial charge in [0, 0.05) is 17.8 Å². The minimum absolute atomic E-state index is 0.0873. The molecule has 0 aromatic carbocycles. The zero-order valence-corrected chi connectivity index (χ0v) is 10.1. The summed E-state index contributed by atoms with van der Waals surface area (Å²) in [4.78, 5) is 0. The van der Waals surface area contributed by atoms with Gasteiger partial charge in [-0.05, 0) is 20.1 Å². The molecule has 0 aliphatic heterocycles. The molecule has 0 saturated carbocycles. The largest absolute Gasteiger partial charge is 0.411 e. The van der Waals surface area contributed by atoms with Crippen LogP contribution < -0.4 is 5.32 Å². The lowest BCUT2D eigenvalue weighted by Crippen LogP contribution is -2.34. The first kappa shape index (κ1) is 15.1. The molecule has 0 heterocycles. The average Bonchev–Trinajstić information content (AvgIpc) is 2.09. The van der Waals surface area contributed by atoms with Crippen molar-refractivity contribution in [3.05, 3.63) is 0 Å². The third-order valence-corrected chi connectivity index (χ3v) is 3.04. The SMILES string of the molecule is CSC(C)(C)CNCCOCC(F)(F)F. The number of alkyl halides is 3. The van der Waals surface area contributed by atoms with Crippen molar-refractivity contribution in [3.63, 3.8) is 0 Å². The maximum Gasteiger partial charge on any atom is 0.411 e. The summed E-state index contributed by atoms with van der Waals surface area (Å²) < 4.78 is 39.5. The summed E-state index contributed by atoms with van der Waals surface area (Å²) >= 11 is 1.71. The van der Waals surface area contributed by atoms with Gasteiger partial charge in [0.15, 0.2) is 0 Å². The van der Waals surface area contributed by atoms with Crippen LogP contribution in [-0.2, 0) is 4.74 Å². The molecule has 0 spiro atoms. The monoisotopic (exact) mass is 245 g/mol. The lowest BCUT2D eigenvalue weighted by Gasteiger charge is -2.22. The smallest absolute Gasteiger partial charge is 0.371 e. The summed E-state index contributed by atoms with van der Waals surface area (Å²) in [5, 5.41) is 3.05. The van der Waals surface area contributed by atoms with Crippen LogP contribution in [0.3, 0.4) is 0 Å². The van der Waals surface area contributed by atoms with Gasteiger partial charge in [-0.3, -0.25) is 0 Å². The van der Waals surface area contributed by atoms with E-state index >= 15 is 0 Å². The molecule has 0 radical (unpaired) electrons. The van der Waals surface area contributed by atoms with Crippen LogP contribution in [0.5, 0.6) is 0 Å². The molecule has 0 aromatic rings. The molecule has 0 saturated heterocycles. The highest BCUT2D eigenvalue weighted by Gasteiger charge is 2.27. The highest BCUT2D eigenvalue weighted by molar-refractivity contribution is 7.99. The topological polar surface area (TPSA) is 21.3 Å². The molecule has 0 aliphatic rings. The first-order valence-electron chi connectivity index (χ1n) is 4.67. The van der Waals surface area contributed by atoms with Gasteiger partial charge < -0.3 is 10.1 Å². The molecule has 0 unspecified atom stereocenters. The molecule has 2 nitrogen and oxygen atoms in total. The van der Waals surface area contributed by atoms with Gasteiger partial charge in [0.05, 0.1) is 6.61 Å². The number of nitrogens with one attached hydrogen (secondary N) is 1. The number of rotatable bonds is 7. The Kier molecular flexibility index (Phi) is 6.63. The minimum atomic E-state index is -4.22. The third kappa shape index (κ3) is 10.3. The Bertz CT molecular complexity index is 173. The maximum atomic E-state index is 11.7. The van der Waals surface area contributed by atoms with E-state index in [1.54, 1.807) is 11.8 Å². The molecule has 0 amide bonds. The molecule has 0 bridgehead atoms. The standard InChI is InChI=1S/C9H18F3NOS/c1-8(2,15-3)6-13-4-5-14-7-9(10,11)12/h13H,4-7H2,1-3H3. The molecule has 0 atom stereocenters. The Balaban J connectivity index is 3.33. The van der Waals surface area contributed by atoms with Gasteiger partial charge in [-0.15, -0.1) is 0 Å². The maximum absolute atomic E-state index is 11.7. The lowest BCUT2D eigenvalue weighted by atomic mass is 10.2. The van der Waals surface area contributed by atoms with E-state index in [0.29, 0.717) is 6.54 Å². The van der Waals surface area contributed by atoms with Gasteiger partial charge >= 0.3 is 6.18 Å². The second-order valence-corrected chi connectivity index (χ2v) is 5.32. The fraction of sp³-hybridized carbons (Fsp3) is 1.00. The Hall–Kier alpha value is 0.0600.